The van der Waals surface area contributed by atoms with Crippen LogP contribution >= 0.6 is 0 Å². The summed E-state index contributed by atoms with van der Waals surface area (Å²) in [6, 6.07) is 5.80. The van der Waals surface area contributed by atoms with Gasteiger partial charge in [-0.2, -0.15) is 0 Å². The molecular weight excluding hydrogens is 274 g/mol. The van der Waals surface area contributed by atoms with Crippen LogP contribution in [0.15, 0.2) is 24.3 Å². The van der Waals surface area contributed by atoms with Gasteiger partial charge in [0.1, 0.15) is 5.69 Å². The van der Waals surface area contributed by atoms with E-state index in [4.69, 9.17) is 4.74 Å². The van der Waals surface area contributed by atoms with Crippen LogP contribution < -0.4 is 5.32 Å². The number of nitro groups is 1. The van der Waals surface area contributed by atoms with Crippen LogP contribution in [-0.4, -0.2) is 41.7 Å². The first-order valence-corrected chi connectivity index (χ1v) is 7.02. The molecular formula is C14H19N3O4. The standard InChI is InChI=1S/C14H19N3O4/c1-2-21-11-6-5-9-16(10-11)14(18)15-12-7-3-4-8-13(12)17(19)20/h3-4,7-8,11H,2,5-6,9-10H2,1H3,(H,15,18)/t11-/m0/s1. The van der Waals surface area contributed by atoms with Gasteiger partial charge in [0.15, 0.2) is 0 Å². The van der Waals surface area contributed by atoms with E-state index in [9.17, 15) is 14.9 Å². The van der Waals surface area contributed by atoms with Gasteiger partial charge in [-0.15, -0.1) is 0 Å². The maximum absolute atomic E-state index is 12.2. The second kappa shape index (κ2) is 7.03. The Kier molecular flexibility index (Phi) is 5.10. The summed E-state index contributed by atoms with van der Waals surface area (Å²) >= 11 is 0. The molecule has 7 nitrogen and oxygen atoms in total. The number of nitrogens with zero attached hydrogens (tertiary/aromatic N) is 2. The molecule has 1 atom stereocenters. The Bertz CT molecular complexity index is 519. The fourth-order valence-corrected chi connectivity index (χ4v) is 2.43. The second-order valence-electron chi connectivity index (χ2n) is 4.87. The number of para-hydroxylation sites is 2. The van der Waals surface area contributed by atoms with Crippen molar-refractivity contribution in [2.75, 3.05) is 25.0 Å². The van der Waals surface area contributed by atoms with Gasteiger partial charge in [0.25, 0.3) is 5.69 Å². The van der Waals surface area contributed by atoms with E-state index in [1.54, 1.807) is 17.0 Å². The second-order valence-corrected chi connectivity index (χ2v) is 4.87. The maximum atomic E-state index is 12.2. The van der Waals surface area contributed by atoms with Gasteiger partial charge in [0.2, 0.25) is 0 Å². The fraction of sp³-hybridized carbons (Fsp3) is 0.500. The van der Waals surface area contributed by atoms with E-state index >= 15 is 0 Å². The lowest BCUT2D eigenvalue weighted by Gasteiger charge is -2.32. The third-order valence-electron chi connectivity index (χ3n) is 3.41. The van der Waals surface area contributed by atoms with E-state index in [1.165, 1.54) is 12.1 Å². The fourth-order valence-electron chi connectivity index (χ4n) is 2.43. The molecule has 1 N–H and O–H groups in total. The normalized spacial score (nSPS) is 18.3. The molecule has 2 rings (SSSR count). The van der Waals surface area contributed by atoms with Crippen molar-refractivity contribution in [3.8, 4) is 0 Å². The number of carbonyl (C=O) groups excluding carboxylic acids is 1. The number of rotatable bonds is 4. The number of benzene rings is 1. The van der Waals surface area contributed by atoms with Crippen LogP contribution in [-0.2, 0) is 4.74 Å². The van der Waals surface area contributed by atoms with Crippen molar-refractivity contribution in [2.24, 2.45) is 0 Å². The largest absolute Gasteiger partial charge is 0.377 e. The highest BCUT2D eigenvalue weighted by molar-refractivity contribution is 5.91. The highest BCUT2D eigenvalue weighted by atomic mass is 16.6. The van der Waals surface area contributed by atoms with Gasteiger partial charge in [-0.1, -0.05) is 12.1 Å². The summed E-state index contributed by atoms with van der Waals surface area (Å²) in [5.41, 5.74) is 0.107. The molecule has 2 amide bonds. The minimum Gasteiger partial charge on any atom is -0.377 e. The van der Waals surface area contributed by atoms with Crippen LogP contribution in [0.2, 0.25) is 0 Å². The van der Waals surface area contributed by atoms with Crippen LogP contribution in [0, 0.1) is 10.1 Å². The van der Waals surface area contributed by atoms with Gasteiger partial charge >= 0.3 is 6.03 Å². The van der Waals surface area contributed by atoms with Crippen LogP contribution in [0.3, 0.4) is 0 Å². The quantitative estimate of drug-likeness (QED) is 0.683. The van der Waals surface area contributed by atoms with Crippen molar-refractivity contribution in [3.63, 3.8) is 0 Å². The average molecular weight is 293 g/mol. The summed E-state index contributed by atoms with van der Waals surface area (Å²) in [6.07, 6.45) is 1.85. The lowest BCUT2D eigenvalue weighted by molar-refractivity contribution is -0.383. The zero-order valence-electron chi connectivity index (χ0n) is 11.9. The Labute approximate surface area is 123 Å². The Morgan fingerprint density at radius 1 is 1.52 bits per heavy atom. The van der Waals surface area contributed by atoms with Gasteiger partial charge in [-0.3, -0.25) is 10.1 Å². The maximum Gasteiger partial charge on any atom is 0.322 e. The van der Waals surface area contributed by atoms with Crippen LogP contribution in [0.5, 0.6) is 0 Å². The molecule has 114 valence electrons. The monoisotopic (exact) mass is 293 g/mol. The molecule has 1 aromatic carbocycles. The summed E-state index contributed by atoms with van der Waals surface area (Å²) in [6.45, 7) is 3.69. The van der Waals surface area contributed by atoms with E-state index in [0.29, 0.717) is 19.7 Å². The number of anilines is 1. The first-order valence-electron chi connectivity index (χ1n) is 7.02. The zero-order valence-corrected chi connectivity index (χ0v) is 11.9. The van der Waals surface area contributed by atoms with Gasteiger partial charge < -0.3 is 15.0 Å². The Hall–Kier alpha value is -2.15. The number of urea groups is 1. The summed E-state index contributed by atoms with van der Waals surface area (Å²) in [5, 5.41) is 13.6. The van der Waals surface area contributed by atoms with Gasteiger partial charge in [-0.05, 0) is 25.8 Å². The summed E-state index contributed by atoms with van der Waals surface area (Å²) in [7, 11) is 0. The molecule has 1 saturated heterocycles. The molecule has 21 heavy (non-hydrogen) atoms. The van der Waals surface area contributed by atoms with Crippen molar-refractivity contribution in [3.05, 3.63) is 34.4 Å². The van der Waals surface area contributed by atoms with Crippen LogP contribution in [0.1, 0.15) is 19.8 Å². The average Bonchev–Trinajstić information content (AvgIpc) is 2.48. The summed E-state index contributed by atoms with van der Waals surface area (Å²) < 4.78 is 5.55. The van der Waals surface area contributed by atoms with Crippen molar-refractivity contribution in [1.82, 2.24) is 4.90 Å². The molecule has 1 fully saturated rings. The van der Waals surface area contributed by atoms with Crippen molar-refractivity contribution in [2.45, 2.75) is 25.9 Å². The highest BCUT2D eigenvalue weighted by Crippen LogP contribution is 2.24. The number of nitro benzene ring substituents is 1. The highest BCUT2D eigenvalue weighted by Gasteiger charge is 2.25. The number of ether oxygens (including phenoxy) is 1. The molecule has 0 bridgehead atoms. The number of nitrogens with one attached hydrogen (secondary N) is 1. The lowest BCUT2D eigenvalue weighted by atomic mass is 10.1. The third-order valence-corrected chi connectivity index (χ3v) is 3.41. The molecule has 1 heterocycles. The van der Waals surface area contributed by atoms with E-state index in [2.05, 4.69) is 5.32 Å². The van der Waals surface area contributed by atoms with E-state index in [-0.39, 0.29) is 23.5 Å². The number of hydrogen-bond donors (Lipinski definition) is 1. The smallest absolute Gasteiger partial charge is 0.322 e. The minimum absolute atomic E-state index is 0.0419. The number of hydrogen-bond acceptors (Lipinski definition) is 4. The van der Waals surface area contributed by atoms with E-state index < -0.39 is 4.92 Å². The molecule has 0 spiro atoms. The first-order chi connectivity index (χ1) is 10.1. The first kappa shape index (κ1) is 15.2. The minimum atomic E-state index is -0.505. The predicted octanol–water partition coefficient (Wildman–Crippen LogP) is 2.63. The van der Waals surface area contributed by atoms with E-state index in [1.807, 2.05) is 6.92 Å². The van der Waals surface area contributed by atoms with Crippen molar-refractivity contribution in [1.29, 1.82) is 0 Å². The molecule has 1 aliphatic heterocycles. The zero-order chi connectivity index (χ0) is 15.2. The van der Waals surface area contributed by atoms with Crippen LogP contribution in [0.25, 0.3) is 0 Å². The Morgan fingerprint density at radius 3 is 3.00 bits per heavy atom. The molecule has 0 radical (unpaired) electrons. The van der Waals surface area contributed by atoms with Gasteiger partial charge in [0, 0.05) is 25.8 Å². The summed E-state index contributed by atoms with van der Waals surface area (Å²) in [5.74, 6) is 0. The Balaban J connectivity index is 2.03. The molecule has 0 aliphatic carbocycles. The SMILES string of the molecule is CCO[C@H]1CCCN(C(=O)Nc2ccccc2[N+](=O)[O-])C1. The predicted molar refractivity (Wildman–Crippen MR) is 78.3 cm³/mol. The number of carbonyl (C=O) groups is 1. The molecule has 1 aromatic rings. The third kappa shape index (κ3) is 3.91. The molecule has 0 aromatic heterocycles. The molecule has 0 saturated carbocycles. The Morgan fingerprint density at radius 2 is 2.29 bits per heavy atom. The number of likely N-dealkylation sites (tertiary alicyclic amines) is 1. The number of amides is 2. The molecule has 1 aliphatic rings. The van der Waals surface area contributed by atoms with E-state index in [0.717, 1.165) is 12.8 Å². The lowest BCUT2D eigenvalue weighted by Crippen LogP contribution is -2.45. The summed E-state index contributed by atoms with van der Waals surface area (Å²) in [4.78, 5) is 24.3. The molecule has 0 unspecified atom stereocenters. The van der Waals surface area contributed by atoms with Crippen molar-refractivity contribution < 1.29 is 14.5 Å². The number of piperidine rings is 1. The van der Waals surface area contributed by atoms with Crippen LogP contribution in [0.4, 0.5) is 16.2 Å². The van der Waals surface area contributed by atoms with Crippen molar-refractivity contribution >= 4 is 17.4 Å². The topological polar surface area (TPSA) is 84.7 Å². The molecule has 7 heteroatoms. The van der Waals surface area contributed by atoms with Gasteiger partial charge in [-0.25, -0.2) is 4.79 Å². The van der Waals surface area contributed by atoms with Gasteiger partial charge in [0.05, 0.1) is 11.0 Å².